The molecule has 0 fully saturated rings. The highest BCUT2D eigenvalue weighted by atomic mass is 35.5. The molecule has 0 radical (unpaired) electrons. The molecule has 1 aromatic rings. The summed E-state index contributed by atoms with van der Waals surface area (Å²) in [4.78, 5) is 20.4. The summed E-state index contributed by atoms with van der Waals surface area (Å²) in [7, 11) is 5.44. The molecule has 1 heterocycles. The zero-order valence-electron chi connectivity index (χ0n) is 11.8. The van der Waals surface area contributed by atoms with E-state index in [1.54, 1.807) is 0 Å². The van der Waals surface area contributed by atoms with Crippen molar-refractivity contribution in [3.05, 3.63) is 10.0 Å². The lowest BCUT2D eigenvalue weighted by Gasteiger charge is -2.20. The fourth-order valence-electron chi connectivity index (χ4n) is 1.61. The van der Waals surface area contributed by atoms with E-state index >= 15 is 0 Å². The summed E-state index contributed by atoms with van der Waals surface area (Å²) < 4.78 is 4.68. The molecule has 0 atom stereocenters. The quantitative estimate of drug-likeness (QED) is 0.724. The van der Waals surface area contributed by atoms with Gasteiger partial charge >= 0.3 is 5.97 Å². The van der Waals surface area contributed by atoms with Gasteiger partial charge in [-0.25, -0.2) is 9.78 Å². The fourth-order valence-corrected chi connectivity index (χ4v) is 2.90. The van der Waals surface area contributed by atoms with Gasteiger partial charge in [0.1, 0.15) is 0 Å². The number of thiazole rings is 1. The maximum atomic E-state index is 11.5. The van der Waals surface area contributed by atoms with Crippen LogP contribution >= 0.6 is 22.9 Å². The van der Waals surface area contributed by atoms with E-state index in [-0.39, 0.29) is 5.15 Å². The largest absolute Gasteiger partial charge is 0.465 e. The molecule has 0 aliphatic heterocycles. The first-order chi connectivity index (χ1) is 8.99. The third kappa shape index (κ3) is 4.63. The molecule has 0 amide bonds. The lowest BCUT2D eigenvalue weighted by molar-refractivity contribution is 0.0606. The van der Waals surface area contributed by atoms with Gasteiger partial charge in [-0.1, -0.05) is 22.9 Å². The minimum absolute atomic E-state index is 0.220. The van der Waals surface area contributed by atoms with Crippen molar-refractivity contribution in [2.45, 2.75) is 13.3 Å². The van der Waals surface area contributed by atoms with Crippen LogP contribution in [0.4, 0.5) is 5.13 Å². The van der Waals surface area contributed by atoms with E-state index < -0.39 is 5.97 Å². The third-order valence-electron chi connectivity index (χ3n) is 2.63. The molecule has 0 unspecified atom stereocenters. The molecule has 0 N–H and O–H groups in total. The predicted molar refractivity (Wildman–Crippen MR) is 79.5 cm³/mol. The average molecular weight is 306 g/mol. The monoisotopic (exact) mass is 305 g/mol. The molecule has 0 aliphatic rings. The van der Waals surface area contributed by atoms with Crippen LogP contribution < -0.4 is 4.90 Å². The molecule has 1 rings (SSSR count). The second-order valence-corrected chi connectivity index (χ2v) is 5.68. The summed E-state index contributed by atoms with van der Waals surface area (Å²) in [6.45, 7) is 4.79. The van der Waals surface area contributed by atoms with Gasteiger partial charge in [0.05, 0.1) is 7.11 Å². The van der Waals surface area contributed by atoms with Crippen molar-refractivity contribution in [1.29, 1.82) is 0 Å². The molecule has 7 heteroatoms. The lowest BCUT2D eigenvalue weighted by Crippen LogP contribution is -2.26. The molecule has 0 spiro atoms. The molecule has 0 saturated heterocycles. The van der Waals surface area contributed by atoms with Crippen molar-refractivity contribution in [3.63, 3.8) is 0 Å². The van der Waals surface area contributed by atoms with Crippen molar-refractivity contribution < 1.29 is 9.53 Å². The Hall–Kier alpha value is -0.850. The van der Waals surface area contributed by atoms with Gasteiger partial charge in [0.2, 0.25) is 0 Å². The number of hydrogen-bond donors (Lipinski definition) is 0. The van der Waals surface area contributed by atoms with Crippen LogP contribution in [-0.4, -0.2) is 56.7 Å². The number of ether oxygens (including phenoxy) is 1. The molecule has 1 aromatic heterocycles. The molecular formula is C12H20ClN3O2S. The van der Waals surface area contributed by atoms with Crippen LogP contribution in [0.25, 0.3) is 0 Å². The minimum atomic E-state index is -0.432. The Bertz CT molecular complexity index is 423. The van der Waals surface area contributed by atoms with Crippen LogP contribution in [0.15, 0.2) is 0 Å². The van der Waals surface area contributed by atoms with Crippen LogP contribution in [0.2, 0.25) is 5.15 Å². The van der Waals surface area contributed by atoms with E-state index in [2.05, 4.69) is 26.4 Å². The van der Waals surface area contributed by atoms with E-state index in [0.29, 0.717) is 4.88 Å². The normalized spacial score (nSPS) is 10.8. The highest BCUT2D eigenvalue weighted by Crippen LogP contribution is 2.30. The van der Waals surface area contributed by atoms with Gasteiger partial charge < -0.3 is 14.5 Å². The molecule has 0 aromatic carbocycles. The van der Waals surface area contributed by atoms with Gasteiger partial charge in [-0.15, -0.1) is 0 Å². The Balaban J connectivity index is 2.73. The number of esters is 1. The first kappa shape index (κ1) is 16.2. The number of nitrogens with zero attached hydrogens (tertiary/aromatic N) is 3. The van der Waals surface area contributed by atoms with Crippen LogP contribution in [0.5, 0.6) is 0 Å². The average Bonchev–Trinajstić information content (AvgIpc) is 2.75. The van der Waals surface area contributed by atoms with Crippen molar-refractivity contribution in [2.24, 2.45) is 0 Å². The second kappa shape index (κ2) is 7.67. The predicted octanol–water partition coefficient (Wildman–Crippen LogP) is 2.36. The van der Waals surface area contributed by atoms with Crippen molar-refractivity contribution in [1.82, 2.24) is 9.88 Å². The maximum absolute atomic E-state index is 11.5. The number of carbonyl (C=O) groups excluding carboxylic acids is 1. The van der Waals surface area contributed by atoms with E-state index in [0.717, 1.165) is 31.2 Å². The van der Waals surface area contributed by atoms with Gasteiger partial charge in [-0.2, -0.15) is 0 Å². The van der Waals surface area contributed by atoms with Crippen molar-refractivity contribution in [3.8, 4) is 0 Å². The van der Waals surface area contributed by atoms with Crippen LogP contribution in [-0.2, 0) is 4.74 Å². The SMILES string of the molecule is CCN(CCCN(C)C)c1nc(Cl)c(C(=O)OC)s1. The molecule has 5 nitrogen and oxygen atoms in total. The van der Waals surface area contributed by atoms with E-state index in [1.165, 1.54) is 18.4 Å². The summed E-state index contributed by atoms with van der Waals surface area (Å²) in [6.07, 6.45) is 1.03. The van der Waals surface area contributed by atoms with Gasteiger partial charge in [0.25, 0.3) is 0 Å². The number of halogens is 1. The summed E-state index contributed by atoms with van der Waals surface area (Å²) in [5, 5.41) is 0.990. The number of carbonyl (C=O) groups is 1. The first-order valence-electron chi connectivity index (χ1n) is 6.13. The number of anilines is 1. The van der Waals surface area contributed by atoms with Gasteiger partial charge in [-0.05, 0) is 34.0 Å². The number of methoxy groups -OCH3 is 1. The van der Waals surface area contributed by atoms with Crippen LogP contribution in [0.1, 0.15) is 23.0 Å². The molecule has 0 bridgehead atoms. The molecular weight excluding hydrogens is 286 g/mol. The highest BCUT2D eigenvalue weighted by molar-refractivity contribution is 7.18. The smallest absolute Gasteiger partial charge is 0.351 e. The Kier molecular flexibility index (Phi) is 6.54. The van der Waals surface area contributed by atoms with Crippen LogP contribution in [0.3, 0.4) is 0 Å². The standard InChI is InChI=1S/C12H20ClN3O2S/c1-5-16(8-6-7-15(2)3)12-14-10(13)9(19-12)11(17)18-4/h5-8H2,1-4H3. The Labute approximate surface area is 123 Å². The molecule has 19 heavy (non-hydrogen) atoms. The number of aromatic nitrogens is 1. The number of rotatable bonds is 7. The van der Waals surface area contributed by atoms with E-state index in [9.17, 15) is 4.79 Å². The van der Waals surface area contributed by atoms with Gasteiger partial charge in [-0.3, -0.25) is 0 Å². The highest BCUT2D eigenvalue weighted by Gasteiger charge is 2.19. The fraction of sp³-hybridized carbons (Fsp3) is 0.667. The topological polar surface area (TPSA) is 45.7 Å². The lowest BCUT2D eigenvalue weighted by atomic mass is 10.4. The summed E-state index contributed by atoms with van der Waals surface area (Å²) in [5.41, 5.74) is 0. The second-order valence-electron chi connectivity index (χ2n) is 4.34. The molecule has 108 valence electrons. The van der Waals surface area contributed by atoms with E-state index in [1.807, 2.05) is 14.1 Å². The van der Waals surface area contributed by atoms with Gasteiger partial charge in [0, 0.05) is 13.1 Å². The van der Waals surface area contributed by atoms with E-state index in [4.69, 9.17) is 11.6 Å². The third-order valence-corrected chi connectivity index (χ3v) is 4.11. The maximum Gasteiger partial charge on any atom is 0.351 e. The Morgan fingerprint density at radius 3 is 2.63 bits per heavy atom. The number of hydrogen-bond acceptors (Lipinski definition) is 6. The molecule has 0 saturated carbocycles. The Morgan fingerprint density at radius 2 is 2.11 bits per heavy atom. The minimum Gasteiger partial charge on any atom is -0.465 e. The molecule has 0 aliphatic carbocycles. The van der Waals surface area contributed by atoms with Crippen molar-refractivity contribution in [2.75, 3.05) is 45.7 Å². The van der Waals surface area contributed by atoms with Crippen molar-refractivity contribution >= 4 is 34.0 Å². The summed E-state index contributed by atoms with van der Waals surface area (Å²) in [6, 6.07) is 0. The summed E-state index contributed by atoms with van der Waals surface area (Å²) in [5.74, 6) is -0.432. The zero-order valence-corrected chi connectivity index (χ0v) is 13.3. The first-order valence-corrected chi connectivity index (χ1v) is 7.33. The zero-order chi connectivity index (χ0) is 14.4. The van der Waals surface area contributed by atoms with Crippen LogP contribution in [0, 0.1) is 0 Å². The van der Waals surface area contributed by atoms with Gasteiger partial charge in [0.15, 0.2) is 15.2 Å². The Morgan fingerprint density at radius 1 is 1.42 bits per heavy atom. The summed E-state index contributed by atoms with van der Waals surface area (Å²) >= 11 is 7.25.